The van der Waals surface area contributed by atoms with Crippen molar-refractivity contribution in [1.82, 2.24) is 14.6 Å². The molecule has 0 N–H and O–H groups in total. The zero-order chi connectivity index (χ0) is 15.0. The minimum atomic E-state index is -0.176. The molecule has 0 aromatic carbocycles. The number of allylic oxidation sites excluding steroid dienone is 1. The first-order chi connectivity index (χ1) is 10.1. The number of aromatic nitrogens is 3. The average molecular weight is 278 g/mol. The molecule has 104 valence electrons. The molecule has 2 aromatic rings. The van der Waals surface area contributed by atoms with Crippen molar-refractivity contribution in [3.8, 4) is 0 Å². The third kappa shape index (κ3) is 2.47. The summed E-state index contributed by atoms with van der Waals surface area (Å²) in [6, 6.07) is 3.51. The Morgan fingerprint density at radius 1 is 1.43 bits per heavy atom. The molecule has 0 bridgehead atoms. The number of hydrogen-bond donors (Lipinski definition) is 0. The van der Waals surface area contributed by atoms with Crippen LogP contribution in [0.15, 0.2) is 53.5 Å². The van der Waals surface area contributed by atoms with Gasteiger partial charge in [-0.2, -0.15) is 0 Å². The van der Waals surface area contributed by atoms with E-state index in [9.17, 15) is 4.79 Å². The number of hydrogen-bond acceptors (Lipinski definition) is 4. The summed E-state index contributed by atoms with van der Waals surface area (Å²) >= 11 is 0. The molecule has 0 atom stereocenters. The minimum Gasteiger partial charge on any atom is -0.287 e. The van der Waals surface area contributed by atoms with E-state index in [-0.39, 0.29) is 11.7 Å². The van der Waals surface area contributed by atoms with Crippen LogP contribution in [0.4, 0.5) is 0 Å². The molecule has 2 aromatic heterocycles. The van der Waals surface area contributed by atoms with E-state index in [2.05, 4.69) is 27.5 Å². The number of pyridine rings is 1. The molecule has 2 heterocycles. The molecule has 0 saturated heterocycles. The summed E-state index contributed by atoms with van der Waals surface area (Å²) in [6.45, 7) is 7.72. The quantitative estimate of drug-likeness (QED) is 0.480. The highest BCUT2D eigenvalue weighted by Gasteiger charge is 2.16. The Kier molecular flexibility index (Phi) is 3.12. The predicted octanol–water partition coefficient (Wildman–Crippen LogP) is 2.72. The Morgan fingerprint density at radius 2 is 2.19 bits per heavy atom. The highest BCUT2D eigenvalue weighted by Crippen LogP contribution is 2.16. The Balaban J connectivity index is 2.03. The van der Waals surface area contributed by atoms with E-state index in [0.717, 1.165) is 11.5 Å². The number of carbonyl (C=O) groups is 1. The first-order valence-electron chi connectivity index (χ1n) is 6.67. The number of ketones is 1. The van der Waals surface area contributed by atoms with E-state index >= 15 is 0 Å². The maximum atomic E-state index is 12.5. The summed E-state index contributed by atoms with van der Waals surface area (Å²) in [7, 11) is 0. The van der Waals surface area contributed by atoms with Crippen molar-refractivity contribution < 1.29 is 4.79 Å². The molecule has 0 radical (unpaired) electrons. The maximum absolute atomic E-state index is 12.5. The Bertz CT molecular complexity index is 848. The van der Waals surface area contributed by atoms with E-state index in [1.165, 1.54) is 6.08 Å². The number of rotatable bonds is 5. The number of aliphatic imine (C=N–C) groups is 1. The van der Waals surface area contributed by atoms with Gasteiger partial charge in [0.2, 0.25) is 5.78 Å². The lowest BCUT2D eigenvalue weighted by Crippen LogP contribution is -2.13. The smallest absolute Gasteiger partial charge is 0.212 e. The predicted molar refractivity (Wildman–Crippen MR) is 80.6 cm³/mol. The highest BCUT2D eigenvalue weighted by molar-refractivity contribution is 6.49. The minimum absolute atomic E-state index is 0.176. The summed E-state index contributed by atoms with van der Waals surface area (Å²) in [5.41, 5.74) is 5.08. The molecule has 0 fully saturated rings. The van der Waals surface area contributed by atoms with Crippen LogP contribution >= 0.6 is 0 Å². The molecule has 3 rings (SSSR count). The molecule has 0 spiro atoms. The Morgan fingerprint density at radius 3 is 2.81 bits per heavy atom. The van der Waals surface area contributed by atoms with Crippen molar-refractivity contribution in [2.45, 2.75) is 19.8 Å². The van der Waals surface area contributed by atoms with Gasteiger partial charge in [-0.1, -0.05) is 26.2 Å². The van der Waals surface area contributed by atoms with Gasteiger partial charge in [-0.25, -0.2) is 4.99 Å². The largest absolute Gasteiger partial charge is 0.287 e. The van der Waals surface area contributed by atoms with Gasteiger partial charge in [0.15, 0.2) is 5.65 Å². The zero-order valence-electron chi connectivity index (χ0n) is 11.9. The molecule has 0 amide bonds. The zero-order valence-corrected chi connectivity index (χ0v) is 11.9. The summed E-state index contributed by atoms with van der Waals surface area (Å²) in [5.74, 6) is 0.868. The van der Waals surface area contributed by atoms with Gasteiger partial charge in [-0.05, 0) is 18.2 Å². The lowest BCUT2D eigenvalue weighted by atomic mass is 10.1. The molecule has 5 nitrogen and oxygen atoms in total. The molecular formula is C16H14N4O. The molecule has 21 heavy (non-hydrogen) atoms. The average Bonchev–Trinajstić information content (AvgIpc) is 3.19. The van der Waals surface area contributed by atoms with E-state index in [4.69, 9.17) is 0 Å². The molecule has 0 saturated carbocycles. The summed E-state index contributed by atoms with van der Waals surface area (Å²) < 4.78 is 1.84. The molecule has 0 aliphatic heterocycles. The van der Waals surface area contributed by atoms with Crippen LogP contribution in [-0.4, -0.2) is 26.1 Å². The Hall–Kier alpha value is -2.78. The van der Waals surface area contributed by atoms with Crippen LogP contribution in [0, 0.1) is 0 Å². The maximum Gasteiger partial charge on any atom is 0.212 e. The fraction of sp³-hybridized carbons (Fsp3) is 0.188. The van der Waals surface area contributed by atoms with Crippen molar-refractivity contribution in [1.29, 1.82) is 0 Å². The first kappa shape index (κ1) is 13.2. The van der Waals surface area contributed by atoms with Gasteiger partial charge >= 0.3 is 0 Å². The van der Waals surface area contributed by atoms with Crippen LogP contribution in [0.1, 0.15) is 35.9 Å². The van der Waals surface area contributed by atoms with E-state index in [1.807, 2.05) is 18.2 Å². The third-order valence-electron chi connectivity index (χ3n) is 3.15. The van der Waals surface area contributed by atoms with Crippen molar-refractivity contribution in [2.24, 2.45) is 4.99 Å². The summed E-state index contributed by atoms with van der Waals surface area (Å²) in [5, 5.41) is 8.25. The number of carbonyl (C=O) groups excluding carboxylic acids is 1. The van der Waals surface area contributed by atoms with Crippen molar-refractivity contribution in [3.05, 3.63) is 59.9 Å². The lowest BCUT2D eigenvalue weighted by Gasteiger charge is -2.05. The number of fused-ring (bicyclic) bond motifs is 1. The second-order valence-corrected chi connectivity index (χ2v) is 5.06. The molecule has 1 aliphatic carbocycles. The van der Waals surface area contributed by atoms with Crippen molar-refractivity contribution in [3.63, 3.8) is 0 Å². The molecule has 5 heteroatoms. The van der Waals surface area contributed by atoms with Crippen LogP contribution in [0.3, 0.4) is 0 Å². The molecule has 0 unspecified atom stereocenters. The fourth-order valence-electron chi connectivity index (χ4n) is 2.00. The van der Waals surface area contributed by atoms with Crippen molar-refractivity contribution >= 4 is 17.1 Å². The van der Waals surface area contributed by atoms with Gasteiger partial charge in [0, 0.05) is 23.8 Å². The number of Topliss-reactive ketones (excluding diaryl/α,β-unsaturated/α-hetero) is 1. The van der Waals surface area contributed by atoms with Gasteiger partial charge in [0.05, 0.1) is 0 Å². The van der Waals surface area contributed by atoms with Crippen LogP contribution in [-0.2, 0) is 0 Å². The molecular weight excluding hydrogens is 264 g/mol. The topological polar surface area (TPSA) is 59.6 Å². The van der Waals surface area contributed by atoms with Crippen LogP contribution < -0.4 is 0 Å². The first-order valence-corrected chi connectivity index (χ1v) is 6.67. The van der Waals surface area contributed by atoms with Gasteiger partial charge in [-0.15, -0.1) is 10.2 Å². The normalized spacial score (nSPS) is 13.7. The second kappa shape index (κ2) is 4.96. The van der Waals surface area contributed by atoms with E-state index in [0.29, 0.717) is 17.0 Å². The molecule has 1 aliphatic rings. The van der Waals surface area contributed by atoms with Crippen LogP contribution in [0.5, 0.6) is 0 Å². The third-order valence-corrected chi connectivity index (χ3v) is 3.15. The monoisotopic (exact) mass is 278 g/mol. The van der Waals surface area contributed by atoms with Crippen LogP contribution in [0.25, 0.3) is 5.65 Å². The SMILES string of the molecule is C=CC(=NC1=C=C1)C(=O)c1ccc2nnc(C(C)C)n2c1. The summed E-state index contributed by atoms with van der Waals surface area (Å²) in [6.07, 6.45) is 4.93. The van der Waals surface area contributed by atoms with Crippen molar-refractivity contribution in [2.75, 3.05) is 0 Å². The Labute approximate surface area is 122 Å². The van der Waals surface area contributed by atoms with E-state index < -0.39 is 0 Å². The van der Waals surface area contributed by atoms with E-state index in [1.54, 1.807) is 24.4 Å². The van der Waals surface area contributed by atoms with Gasteiger partial charge in [-0.3, -0.25) is 9.20 Å². The number of nitrogens with zero attached hydrogens (tertiary/aromatic N) is 4. The van der Waals surface area contributed by atoms with Crippen LogP contribution in [0.2, 0.25) is 0 Å². The second-order valence-electron chi connectivity index (χ2n) is 5.06. The summed E-state index contributed by atoms with van der Waals surface area (Å²) in [4.78, 5) is 16.6. The standard InChI is InChI=1S/C16H14N4O/c1-4-13(17-12-6-7-12)15(21)11-5-8-14-18-19-16(10(2)3)20(14)9-11/h4-6,8-10H,1H2,2-3H3. The lowest BCUT2D eigenvalue weighted by molar-refractivity contribution is 0.106. The fourth-order valence-corrected chi connectivity index (χ4v) is 2.00. The van der Waals surface area contributed by atoms with Gasteiger partial charge < -0.3 is 0 Å². The van der Waals surface area contributed by atoms with Gasteiger partial charge in [0.1, 0.15) is 17.2 Å². The van der Waals surface area contributed by atoms with Gasteiger partial charge in [0.25, 0.3) is 0 Å². The highest BCUT2D eigenvalue weighted by atomic mass is 16.1.